The number of carboxylic acids is 1. The minimum absolute atomic E-state index is 0.318. The molecule has 1 atom stereocenters. The molecule has 0 fully saturated rings. The van der Waals surface area contributed by atoms with Gasteiger partial charge in [0.2, 0.25) is 0 Å². The van der Waals surface area contributed by atoms with Crippen LogP contribution < -0.4 is 0 Å². The Balaban J connectivity index is 2.90. The summed E-state index contributed by atoms with van der Waals surface area (Å²) in [6, 6.07) is -0.882. The van der Waals surface area contributed by atoms with E-state index in [4.69, 9.17) is 9.63 Å². The Hall–Kier alpha value is -1.85. The summed E-state index contributed by atoms with van der Waals surface area (Å²) < 4.78 is 4.88. The molecule has 0 spiro atoms. The van der Waals surface area contributed by atoms with Crippen LogP contribution in [0.25, 0.3) is 0 Å². The third-order valence-corrected chi connectivity index (χ3v) is 2.46. The normalized spacial score (nSPS) is 12.2. The summed E-state index contributed by atoms with van der Waals surface area (Å²) in [4.78, 5) is 23.8. The summed E-state index contributed by atoms with van der Waals surface area (Å²) in [5, 5.41) is 12.3. The lowest BCUT2D eigenvalue weighted by Gasteiger charge is -2.20. The van der Waals surface area contributed by atoms with Crippen molar-refractivity contribution in [2.24, 2.45) is 0 Å². The molecule has 16 heavy (non-hydrogen) atoms. The van der Waals surface area contributed by atoms with E-state index in [0.29, 0.717) is 17.7 Å². The van der Waals surface area contributed by atoms with Gasteiger partial charge >= 0.3 is 5.97 Å². The fourth-order valence-electron chi connectivity index (χ4n) is 1.22. The number of amides is 1. The highest BCUT2D eigenvalue weighted by atomic mass is 16.5. The van der Waals surface area contributed by atoms with Crippen LogP contribution in [-0.4, -0.2) is 40.1 Å². The van der Waals surface area contributed by atoms with Gasteiger partial charge in [0.05, 0.1) is 6.20 Å². The Bertz CT molecular complexity index is 399. The number of aryl methyl sites for hydroxylation is 1. The number of carbonyl (C=O) groups is 2. The van der Waals surface area contributed by atoms with Crippen molar-refractivity contribution in [3.05, 3.63) is 17.5 Å². The van der Waals surface area contributed by atoms with Crippen LogP contribution in [0.15, 0.2) is 10.7 Å². The van der Waals surface area contributed by atoms with Crippen molar-refractivity contribution in [3.63, 3.8) is 0 Å². The summed E-state index contributed by atoms with van der Waals surface area (Å²) in [5.41, 5.74) is 0.318. The molecule has 0 aliphatic heterocycles. The summed E-state index contributed by atoms with van der Waals surface area (Å²) in [6.45, 7) is 3.28. The molecule has 1 heterocycles. The Morgan fingerprint density at radius 3 is 2.75 bits per heavy atom. The van der Waals surface area contributed by atoms with Crippen LogP contribution in [0.2, 0.25) is 0 Å². The van der Waals surface area contributed by atoms with Crippen molar-refractivity contribution >= 4 is 11.9 Å². The summed E-state index contributed by atoms with van der Waals surface area (Å²) in [7, 11) is 1.44. The average Bonchev–Trinajstić information content (AvgIpc) is 2.73. The van der Waals surface area contributed by atoms with E-state index in [-0.39, 0.29) is 0 Å². The smallest absolute Gasteiger partial charge is 0.326 e. The first kappa shape index (κ1) is 12.2. The van der Waals surface area contributed by atoms with Gasteiger partial charge in [0.15, 0.2) is 0 Å². The zero-order chi connectivity index (χ0) is 12.3. The van der Waals surface area contributed by atoms with Crippen molar-refractivity contribution in [2.75, 3.05) is 7.05 Å². The van der Waals surface area contributed by atoms with Gasteiger partial charge in [-0.3, -0.25) is 4.79 Å². The van der Waals surface area contributed by atoms with Crippen LogP contribution in [-0.2, 0) is 11.2 Å². The van der Waals surface area contributed by atoms with Crippen LogP contribution in [0.5, 0.6) is 0 Å². The SMILES string of the molecule is CCc1oncc1C(=O)N(C)C(C)C(=O)O. The van der Waals surface area contributed by atoms with Crippen molar-refractivity contribution in [3.8, 4) is 0 Å². The van der Waals surface area contributed by atoms with Gasteiger partial charge in [0.25, 0.3) is 5.91 Å². The van der Waals surface area contributed by atoms with E-state index >= 15 is 0 Å². The monoisotopic (exact) mass is 226 g/mol. The Morgan fingerprint density at radius 2 is 2.25 bits per heavy atom. The molecule has 1 N–H and O–H groups in total. The van der Waals surface area contributed by atoms with E-state index in [0.717, 1.165) is 4.90 Å². The molecule has 0 aliphatic carbocycles. The topological polar surface area (TPSA) is 83.6 Å². The quantitative estimate of drug-likeness (QED) is 0.820. The first-order valence-electron chi connectivity index (χ1n) is 4.92. The molecule has 1 aromatic rings. The molecular weight excluding hydrogens is 212 g/mol. The molecule has 1 unspecified atom stereocenters. The first-order valence-corrected chi connectivity index (χ1v) is 4.92. The third kappa shape index (κ3) is 2.21. The fourth-order valence-corrected chi connectivity index (χ4v) is 1.22. The molecular formula is C10H14N2O4. The highest BCUT2D eigenvalue weighted by Crippen LogP contribution is 2.12. The van der Waals surface area contributed by atoms with Gasteiger partial charge in [-0.1, -0.05) is 12.1 Å². The minimum Gasteiger partial charge on any atom is -0.480 e. The number of hydrogen-bond donors (Lipinski definition) is 1. The largest absolute Gasteiger partial charge is 0.480 e. The molecule has 0 aliphatic rings. The molecule has 0 bridgehead atoms. The van der Waals surface area contributed by atoms with Crippen molar-refractivity contribution in [1.82, 2.24) is 10.1 Å². The van der Waals surface area contributed by atoms with Gasteiger partial charge in [0.1, 0.15) is 17.4 Å². The molecule has 0 radical (unpaired) electrons. The van der Waals surface area contributed by atoms with E-state index < -0.39 is 17.9 Å². The number of aliphatic carboxylic acids is 1. The maximum Gasteiger partial charge on any atom is 0.326 e. The molecule has 0 saturated carbocycles. The minimum atomic E-state index is -1.05. The Kier molecular flexibility index (Phi) is 3.65. The maximum atomic E-state index is 11.9. The van der Waals surface area contributed by atoms with Gasteiger partial charge in [-0.05, 0) is 6.92 Å². The van der Waals surface area contributed by atoms with Gasteiger partial charge in [0, 0.05) is 13.5 Å². The number of carboxylic acid groups (broad SMARTS) is 1. The van der Waals surface area contributed by atoms with Crippen LogP contribution in [0.3, 0.4) is 0 Å². The van der Waals surface area contributed by atoms with Crippen LogP contribution in [0.1, 0.15) is 30.0 Å². The molecule has 1 aromatic heterocycles. The van der Waals surface area contributed by atoms with E-state index in [2.05, 4.69) is 5.16 Å². The van der Waals surface area contributed by atoms with E-state index in [9.17, 15) is 9.59 Å². The molecule has 0 aromatic carbocycles. The van der Waals surface area contributed by atoms with Crippen LogP contribution >= 0.6 is 0 Å². The Labute approximate surface area is 92.8 Å². The van der Waals surface area contributed by atoms with E-state index in [1.54, 1.807) is 0 Å². The summed E-state index contributed by atoms with van der Waals surface area (Å²) >= 11 is 0. The number of aromatic nitrogens is 1. The number of hydrogen-bond acceptors (Lipinski definition) is 4. The Morgan fingerprint density at radius 1 is 1.62 bits per heavy atom. The van der Waals surface area contributed by atoms with E-state index in [1.165, 1.54) is 20.2 Å². The van der Waals surface area contributed by atoms with Crippen molar-refractivity contribution < 1.29 is 19.2 Å². The molecule has 6 heteroatoms. The first-order chi connectivity index (χ1) is 7.49. The van der Waals surface area contributed by atoms with E-state index in [1.807, 2.05) is 6.92 Å². The second-order valence-corrected chi connectivity index (χ2v) is 3.45. The standard InChI is InChI=1S/C10H14N2O4/c1-4-8-7(5-11-16-8)9(13)12(3)6(2)10(14)15/h5-6H,4H2,1-3H3,(H,14,15). The van der Waals surface area contributed by atoms with Crippen molar-refractivity contribution in [2.45, 2.75) is 26.3 Å². The lowest BCUT2D eigenvalue weighted by Crippen LogP contribution is -2.40. The second-order valence-electron chi connectivity index (χ2n) is 3.45. The lowest BCUT2D eigenvalue weighted by atomic mass is 10.2. The van der Waals surface area contributed by atoms with Crippen molar-refractivity contribution in [1.29, 1.82) is 0 Å². The summed E-state index contributed by atoms with van der Waals surface area (Å²) in [6.07, 6.45) is 1.85. The number of nitrogens with zero attached hydrogens (tertiary/aromatic N) is 2. The van der Waals surface area contributed by atoms with Crippen LogP contribution in [0, 0.1) is 0 Å². The highest BCUT2D eigenvalue weighted by Gasteiger charge is 2.25. The van der Waals surface area contributed by atoms with Crippen LogP contribution in [0.4, 0.5) is 0 Å². The van der Waals surface area contributed by atoms with Gasteiger partial charge in [-0.15, -0.1) is 0 Å². The lowest BCUT2D eigenvalue weighted by molar-refractivity contribution is -0.141. The second kappa shape index (κ2) is 4.78. The average molecular weight is 226 g/mol. The zero-order valence-corrected chi connectivity index (χ0v) is 9.43. The fraction of sp³-hybridized carbons (Fsp3) is 0.500. The number of likely N-dealkylation sites (N-methyl/N-ethyl adjacent to an activating group) is 1. The molecule has 1 amide bonds. The molecule has 6 nitrogen and oxygen atoms in total. The third-order valence-electron chi connectivity index (χ3n) is 2.46. The summed E-state index contributed by atoms with van der Waals surface area (Å²) in [5.74, 6) is -0.979. The maximum absolute atomic E-state index is 11.9. The van der Waals surface area contributed by atoms with Gasteiger partial charge in [-0.2, -0.15) is 0 Å². The zero-order valence-electron chi connectivity index (χ0n) is 9.43. The predicted octanol–water partition coefficient (Wildman–Crippen LogP) is 0.782. The molecule has 1 rings (SSSR count). The highest BCUT2D eigenvalue weighted by molar-refractivity contribution is 5.96. The van der Waals surface area contributed by atoms with Gasteiger partial charge < -0.3 is 14.5 Å². The molecule has 0 saturated heterocycles. The number of carbonyl (C=O) groups excluding carboxylic acids is 1. The predicted molar refractivity (Wildman–Crippen MR) is 55.1 cm³/mol. The number of rotatable bonds is 4. The van der Waals surface area contributed by atoms with Gasteiger partial charge in [-0.25, -0.2) is 4.79 Å². The molecule has 88 valence electrons.